The standard InChI is InChI=1S/C21H29N3O3/c1-4-27-20(25)18-17(13-24-11-5-6-15(3)12-24)22-21(26)23-19(18)16-9-7-14(2)8-10-16/h7-10,15,19H,4-6,11-13H2,1-3H3,(H2,22,23,26)/t15-,19-/m1/s1. The Balaban J connectivity index is 1.96. The van der Waals surface area contributed by atoms with Crippen LogP contribution < -0.4 is 10.6 Å². The number of urea groups is 1. The van der Waals surface area contributed by atoms with Crippen LogP contribution in [0.5, 0.6) is 0 Å². The fourth-order valence-electron chi connectivity index (χ4n) is 3.86. The van der Waals surface area contributed by atoms with Gasteiger partial charge in [0.2, 0.25) is 0 Å². The van der Waals surface area contributed by atoms with E-state index in [1.54, 1.807) is 6.92 Å². The van der Waals surface area contributed by atoms with Crippen molar-refractivity contribution in [2.75, 3.05) is 26.2 Å². The Morgan fingerprint density at radius 3 is 2.70 bits per heavy atom. The normalized spacial score (nSPS) is 23.6. The number of hydrogen-bond donors (Lipinski definition) is 2. The van der Waals surface area contributed by atoms with Gasteiger partial charge in [0.25, 0.3) is 0 Å². The van der Waals surface area contributed by atoms with Crippen LogP contribution in [-0.2, 0) is 9.53 Å². The van der Waals surface area contributed by atoms with Crippen LogP contribution in [0.15, 0.2) is 35.5 Å². The van der Waals surface area contributed by atoms with E-state index in [-0.39, 0.29) is 12.0 Å². The zero-order chi connectivity index (χ0) is 19.4. The lowest BCUT2D eigenvalue weighted by Gasteiger charge is -2.35. The van der Waals surface area contributed by atoms with Crippen molar-refractivity contribution in [3.8, 4) is 0 Å². The van der Waals surface area contributed by atoms with Crippen LogP contribution in [0.1, 0.15) is 43.9 Å². The van der Waals surface area contributed by atoms with E-state index >= 15 is 0 Å². The van der Waals surface area contributed by atoms with Crippen LogP contribution in [-0.4, -0.2) is 43.1 Å². The minimum atomic E-state index is -0.504. The highest BCUT2D eigenvalue weighted by Gasteiger charge is 2.34. The van der Waals surface area contributed by atoms with Gasteiger partial charge in [0, 0.05) is 18.8 Å². The number of piperidine rings is 1. The van der Waals surface area contributed by atoms with Crippen molar-refractivity contribution < 1.29 is 14.3 Å². The van der Waals surface area contributed by atoms with Crippen molar-refractivity contribution in [1.82, 2.24) is 15.5 Å². The number of benzene rings is 1. The Morgan fingerprint density at radius 2 is 2.04 bits per heavy atom. The lowest BCUT2D eigenvalue weighted by Crippen LogP contribution is -2.49. The molecule has 0 radical (unpaired) electrons. The molecule has 1 aromatic carbocycles. The number of likely N-dealkylation sites (tertiary alicyclic amines) is 1. The highest BCUT2D eigenvalue weighted by Crippen LogP contribution is 2.29. The van der Waals surface area contributed by atoms with Crippen molar-refractivity contribution in [1.29, 1.82) is 0 Å². The maximum atomic E-state index is 12.8. The van der Waals surface area contributed by atoms with Crippen LogP contribution in [0, 0.1) is 12.8 Å². The van der Waals surface area contributed by atoms with Crippen LogP contribution >= 0.6 is 0 Å². The topological polar surface area (TPSA) is 70.7 Å². The number of nitrogens with one attached hydrogen (secondary N) is 2. The summed E-state index contributed by atoms with van der Waals surface area (Å²) in [5.74, 6) is 0.242. The SMILES string of the molecule is CCOC(=O)C1=C(CN2CCC[C@@H](C)C2)NC(=O)N[C@@H]1c1ccc(C)cc1. The average Bonchev–Trinajstić information content (AvgIpc) is 2.62. The van der Waals surface area contributed by atoms with Gasteiger partial charge in [-0.2, -0.15) is 0 Å². The molecule has 0 unspecified atom stereocenters. The fraction of sp³-hybridized carbons (Fsp3) is 0.524. The number of hydrogen-bond acceptors (Lipinski definition) is 4. The first-order valence-electron chi connectivity index (χ1n) is 9.74. The molecule has 2 heterocycles. The Bertz CT molecular complexity index is 727. The molecule has 2 atom stereocenters. The number of rotatable bonds is 5. The second kappa shape index (κ2) is 8.57. The predicted octanol–water partition coefficient (Wildman–Crippen LogP) is 2.90. The summed E-state index contributed by atoms with van der Waals surface area (Å²) in [5.41, 5.74) is 3.15. The van der Waals surface area contributed by atoms with Gasteiger partial charge in [-0.1, -0.05) is 36.8 Å². The molecule has 0 aliphatic carbocycles. The summed E-state index contributed by atoms with van der Waals surface area (Å²) < 4.78 is 5.33. The van der Waals surface area contributed by atoms with Gasteiger partial charge in [-0.3, -0.25) is 4.90 Å². The number of nitrogens with zero attached hydrogens (tertiary/aromatic N) is 1. The van der Waals surface area contributed by atoms with Gasteiger partial charge in [0.05, 0.1) is 18.2 Å². The van der Waals surface area contributed by atoms with Crippen molar-refractivity contribution in [3.05, 3.63) is 46.7 Å². The second-order valence-corrected chi connectivity index (χ2v) is 7.54. The fourth-order valence-corrected chi connectivity index (χ4v) is 3.86. The molecule has 2 N–H and O–H groups in total. The molecule has 0 aromatic heterocycles. The molecular weight excluding hydrogens is 342 g/mol. The predicted molar refractivity (Wildman–Crippen MR) is 104 cm³/mol. The Labute approximate surface area is 161 Å². The highest BCUT2D eigenvalue weighted by atomic mass is 16.5. The van der Waals surface area contributed by atoms with Crippen LogP contribution in [0.4, 0.5) is 4.79 Å². The smallest absolute Gasteiger partial charge is 0.338 e. The van der Waals surface area contributed by atoms with Crippen molar-refractivity contribution in [3.63, 3.8) is 0 Å². The molecule has 1 saturated heterocycles. The van der Waals surface area contributed by atoms with Crippen molar-refractivity contribution in [2.24, 2.45) is 5.92 Å². The molecule has 3 rings (SSSR count). The van der Waals surface area contributed by atoms with Gasteiger partial charge < -0.3 is 15.4 Å². The number of amides is 2. The maximum absolute atomic E-state index is 12.8. The van der Waals surface area contributed by atoms with E-state index in [2.05, 4.69) is 22.5 Å². The van der Waals surface area contributed by atoms with Gasteiger partial charge in [0.15, 0.2) is 0 Å². The minimum Gasteiger partial charge on any atom is -0.463 e. The summed E-state index contributed by atoms with van der Waals surface area (Å²) in [5, 5.41) is 5.76. The number of esters is 1. The van der Waals surface area contributed by atoms with E-state index in [4.69, 9.17) is 4.74 Å². The van der Waals surface area contributed by atoms with Crippen LogP contribution in [0.2, 0.25) is 0 Å². The molecule has 1 fully saturated rings. The Hall–Kier alpha value is -2.34. The van der Waals surface area contributed by atoms with E-state index in [0.29, 0.717) is 30.3 Å². The van der Waals surface area contributed by atoms with E-state index in [9.17, 15) is 9.59 Å². The minimum absolute atomic E-state index is 0.284. The average molecular weight is 371 g/mol. The summed E-state index contributed by atoms with van der Waals surface area (Å²) in [6.45, 7) is 8.83. The molecule has 0 saturated carbocycles. The van der Waals surface area contributed by atoms with E-state index in [1.165, 1.54) is 6.42 Å². The zero-order valence-corrected chi connectivity index (χ0v) is 16.4. The van der Waals surface area contributed by atoms with Crippen molar-refractivity contribution >= 4 is 12.0 Å². The van der Waals surface area contributed by atoms with Crippen molar-refractivity contribution in [2.45, 2.75) is 39.7 Å². The maximum Gasteiger partial charge on any atom is 0.338 e. The lowest BCUT2D eigenvalue weighted by molar-refractivity contribution is -0.139. The van der Waals surface area contributed by atoms with Gasteiger partial charge in [-0.25, -0.2) is 9.59 Å². The zero-order valence-electron chi connectivity index (χ0n) is 16.4. The molecule has 2 aliphatic heterocycles. The number of carbonyl (C=O) groups is 2. The third-order valence-corrected chi connectivity index (χ3v) is 5.18. The Morgan fingerprint density at radius 1 is 1.30 bits per heavy atom. The van der Waals surface area contributed by atoms with Crippen LogP contribution in [0.3, 0.4) is 0 Å². The third-order valence-electron chi connectivity index (χ3n) is 5.18. The quantitative estimate of drug-likeness (QED) is 0.781. The molecular formula is C21H29N3O3. The van der Waals surface area contributed by atoms with Gasteiger partial charge in [0.1, 0.15) is 0 Å². The summed E-state index contributed by atoms with van der Waals surface area (Å²) in [7, 11) is 0. The summed E-state index contributed by atoms with van der Waals surface area (Å²) >= 11 is 0. The first-order valence-corrected chi connectivity index (χ1v) is 9.74. The van der Waals surface area contributed by atoms with E-state index in [0.717, 1.165) is 30.6 Å². The van der Waals surface area contributed by atoms with Crippen LogP contribution in [0.25, 0.3) is 0 Å². The van der Waals surface area contributed by atoms with E-state index in [1.807, 2.05) is 31.2 Å². The largest absolute Gasteiger partial charge is 0.463 e. The molecule has 27 heavy (non-hydrogen) atoms. The Kier molecular flexibility index (Phi) is 6.16. The second-order valence-electron chi connectivity index (χ2n) is 7.54. The summed E-state index contributed by atoms with van der Waals surface area (Å²) in [6.07, 6.45) is 2.36. The summed E-state index contributed by atoms with van der Waals surface area (Å²) in [6, 6.07) is 7.08. The number of ether oxygens (including phenoxy) is 1. The summed E-state index contributed by atoms with van der Waals surface area (Å²) in [4.78, 5) is 27.4. The molecule has 146 valence electrons. The molecule has 0 bridgehead atoms. The van der Waals surface area contributed by atoms with Gasteiger partial charge in [-0.15, -0.1) is 0 Å². The lowest BCUT2D eigenvalue weighted by atomic mass is 9.93. The first kappa shape index (κ1) is 19.4. The molecule has 6 nitrogen and oxygen atoms in total. The number of carbonyl (C=O) groups excluding carboxylic acids is 2. The van der Waals surface area contributed by atoms with E-state index < -0.39 is 6.04 Å². The molecule has 2 amide bonds. The molecule has 0 spiro atoms. The third kappa shape index (κ3) is 4.69. The number of aryl methyl sites for hydroxylation is 1. The van der Waals surface area contributed by atoms with Gasteiger partial charge in [-0.05, 0) is 44.7 Å². The molecule has 1 aromatic rings. The molecule has 2 aliphatic rings. The molecule has 6 heteroatoms. The monoisotopic (exact) mass is 371 g/mol. The highest BCUT2D eigenvalue weighted by molar-refractivity contribution is 5.95. The van der Waals surface area contributed by atoms with Gasteiger partial charge >= 0.3 is 12.0 Å². The first-order chi connectivity index (χ1) is 13.0.